The van der Waals surface area contributed by atoms with E-state index in [0.717, 1.165) is 27.6 Å². The van der Waals surface area contributed by atoms with Gasteiger partial charge < -0.3 is 24.9 Å². The fraction of sp³-hybridized carbons (Fsp3) is 0.290. The Morgan fingerprint density at radius 3 is 2.52 bits per heavy atom. The average molecular weight is 543 g/mol. The normalized spacial score (nSPS) is 11.8. The number of nitrogens with one attached hydrogen (secondary N) is 2. The number of benzene rings is 2. The maximum atomic E-state index is 13.6. The van der Waals surface area contributed by atoms with Crippen LogP contribution in [0.25, 0.3) is 10.9 Å². The zero-order chi connectivity index (χ0) is 29.0. The highest BCUT2D eigenvalue weighted by Crippen LogP contribution is 2.27. The van der Waals surface area contributed by atoms with Crippen LogP contribution in [0.5, 0.6) is 0 Å². The molecule has 0 bridgehead atoms. The van der Waals surface area contributed by atoms with Crippen molar-refractivity contribution in [3.63, 3.8) is 0 Å². The first kappa shape index (κ1) is 28.4. The minimum Gasteiger partial charge on any atom is -0.481 e. The predicted molar refractivity (Wildman–Crippen MR) is 155 cm³/mol. The van der Waals surface area contributed by atoms with E-state index in [-0.39, 0.29) is 23.8 Å². The first-order valence-corrected chi connectivity index (χ1v) is 13.2. The number of pyridine rings is 1. The molecule has 3 N–H and O–H groups in total. The van der Waals surface area contributed by atoms with Crippen LogP contribution in [0.15, 0.2) is 65.7 Å². The van der Waals surface area contributed by atoms with Crippen molar-refractivity contribution < 1.29 is 19.5 Å². The van der Waals surface area contributed by atoms with Crippen LogP contribution in [0, 0.1) is 13.8 Å². The number of rotatable bonds is 10. The third-order valence-corrected chi connectivity index (χ3v) is 7.15. The van der Waals surface area contributed by atoms with Gasteiger partial charge in [0.25, 0.3) is 11.5 Å². The third kappa shape index (κ3) is 6.14. The summed E-state index contributed by atoms with van der Waals surface area (Å²) in [5, 5.41) is 15.7. The van der Waals surface area contributed by atoms with E-state index in [1.54, 1.807) is 49.9 Å². The van der Waals surface area contributed by atoms with E-state index in [9.17, 15) is 19.2 Å². The highest BCUT2D eigenvalue weighted by molar-refractivity contribution is 6.00. The van der Waals surface area contributed by atoms with Crippen LogP contribution in [0.1, 0.15) is 58.4 Å². The van der Waals surface area contributed by atoms with E-state index in [4.69, 9.17) is 5.11 Å². The molecule has 0 saturated heterocycles. The van der Waals surface area contributed by atoms with E-state index in [1.807, 2.05) is 48.0 Å². The van der Waals surface area contributed by atoms with Gasteiger partial charge in [0.2, 0.25) is 5.91 Å². The summed E-state index contributed by atoms with van der Waals surface area (Å²) >= 11 is 0. The van der Waals surface area contributed by atoms with Crippen LogP contribution in [0.3, 0.4) is 0 Å². The van der Waals surface area contributed by atoms with Gasteiger partial charge in [-0.3, -0.25) is 19.2 Å². The molecule has 0 aliphatic heterocycles. The molecule has 2 aromatic carbocycles. The minimum absolute atomic E-state index is 0.0204. The summed E-state index contributed by atoms with van der Waals surface area (Å²) in [4.78, 5) is 49.5. The minimum atomic E-state index is -0.874. The standard InChI is InChI=1S/C31H34N4O5/c1-19-7-6-14-34(31(19)40)18-22-10-11-23(8-5-9-28(36)37)26(15-22)33-29(38)21(3)35-17-20(2)25-13-12-24(16-27(25)35)30(39)32-4/h6-7,10-17,21H,5,8-9,18H2,1-4H3,(H,32,39)(H,33,38)(H,36,37). The molecule has 2 heterocycles. The van der Waals surface area contributed by atoms with Gasteiger partial charge in [-0.15, -0.1) is 0 Å². The number of aliphatic carboxylic acids is 1. The molecule has 0 radical (unpaired) electrons. The van der Waals surface area contributed by atoms with Crippen molar-refractivity contribution in [2.24, 2.45) is 0 Å². The van der Waals surface area contributed by atoms with E-state index >= 15 is 0 Å². The Bertz CT molecular complexity index is 1650. The SMILES string of the molecule is CNC(=O)c1ccc2c(C)cn(C(C)C(=O)Nc3cc(Cn4cccc(C)c4=O)ccc3CCCC(=O)O)c2c1. The van der Waals surface area contributed by atoms with Crippen molar-refractivity contribution >= 4 is 34.4 Å². The number of fused-ring (bicyclic) bond motifs is 1. The number of aryl methyl sites for hydroxylation is 3. The summed E-state index contributed by atoms with van der Waals surface area (Å²) in [7, 11) is 1.57. The molecule has 0 aliphatic carbocycles. The molecule has 40 heavy (non-hydrogen) atoms. The lowest BCUT2D eigenvalue weighted by molar-refractivity contribution is -0.137. The van der Waals surface area contributed by atoms with Crippen LogP contribution in [0.2, 0.25) is 0 Å². The lowest BCUT2D eigenvalue weighted by Gasteiger charge is -2.19. The Labute approximate surface area is 232 Å². The molecular formula is C31H34N4O5. The van der Waals surface area contributed by atoms with E-state index in [1.165, 1.54) is 0 Å². The summed E-state index contributed by atoms with van der Waals surface area (Å²) < 4.78 is 3.47. The molecule has 0 aliphatic rings. The van der Waals surface area contributed by atoms with Gasteiger partial charge in [0, 0.05) is 53.6 Å². The highest BCUT2D eigenvalue weighted by atomic mass is 16.4. The molecule has 9 nitrogen and oxygen atoms in total. The Morgan fingerprint density at radius 1 is 1.02 bits per heavy atom. The molecule has 208 valence electrons. The average Bonchev–Trinajstić information content (AvgIpc) is 3.26. The second-order valence-electron chi connectivity index (χ2n) is 10.1. The third-order valence-electron chi connectivity index (χ3n) is 7.15. The van der Waals surface area contributed by atoms with Crippen molar-refractivity contribution in [3.05, 3.63) is 99.1 Å². The molecule has 0 fully saturated rings. The molecule has 1 atom stereocenters. The van der Waals surface area contributed by atoms with Crippen molar-refractivity contribution in [3.8, 4) is 0 Å². The summed E-state index contributed by atoms with van der Waals surface area (Å²) in [5.74, 6) is -1.34. The zero-order valence-corrected chi connectivity index (χ0v) is 23.2. The number of hydrogen-bond donors (Lipinski definition) is 3. The number of amides is 2. The van der Waals surface area contributed by atoms with E-state index in [0.29, 0.717) is 36.2 Å². The maximum absolute atomic E-state index is 13.6. The number of anilines is 1. The number of carbonyl (C=O) groups excluding carboxylic acids is 2. The number of carbonyl (C=O) groups is 3. The van der Waals surface area contributed by atoms with Crippen LogP contribution in [0.4, 0.5) is 5.69 Å². The molecule has 2 amide bonds. The van der Waals surface area contributed by atoms with Crippen LogP contribution < -0.4 is 16.2 Å². The fourth-order valence-electron chi connectivity index (χ4n) is 4.86. The Hall–Kier alpha value is -4.66. The topological polar surface area (TPSA) is 122 Å². The second-order valence-corrected chi connectivity index (χ2v) is 10.1. The van der Waals surface area contributed by atoms with Crippen molar-refractivity contribution in [1.29, 1.82) is 0 Å². The van der Waals surface area contributed by atoms with Crippen LogP contribution >= 0.6 is 0 Å². The monoisotopic (exact) mass is 542 g/mol. The van der Waals surface area contributed by atoms with Crippen molar-refractivity contribution in [1.82, 2.24) is 14.5 Å². The first-order chi connectivity index (χ1) is 19.1. The molecule has 0 spiro atoms. The predicted octanol–water partition coefficient (Wildman–Crippen LogP) is 4.43. The Kier molecular flexibility index (Phi) is 8.52. The number of hydrogen-bond acceptors (Lipinski definition) is 4. The van der Waals surface area contributed by atoms with Crippen LogP contribution in [-0.4, -0.2) is 39.1 Å². The smallest absolute Gasteiger partial charge is 0.303 e. The fourth-order valence-corrected chi connectivity index (χ4v) is 4.86. The van der Waals surface area contributed by atoms with Crippen LogP contribution in [-0.2, 0) is 22.6 Å². The van der Waals surface area contributed by atoms with Gasteiger partial charge in [-0.2, -0.15) is 0 Å². The lowest BCUT2D eigenvalue weighted by atomic mass is 10.0. The van der Waals surface area contributed by atoms with E-state index in [2.05, 4.69) is 10.6 Å². The summed E-state index contributed by atoms with van der Waals surface area (Å²) in [6.45, 7) is 5.85. The van der Waals surface area contributed by atoms with Gasteiger partial charge in [0.1, 0.15) is 6.04 Å². The van der Waals surface area contributed by atoms with Gasteiger partial charge in [-0.05, 0) is 74.6 Å². The van der Waals surface area contributed by atoms with Gasteiger partial charge in [-0.25, -0.2) is 0 Å². The number of carboxylic acids is 1. The highest BCUT2D eigenvalue weighted by Gasteiger charge is 2.20. The maximum Gasteiger partial charge on any atom is 0.303 e. The molecule has 4 aromatic rings. The molecule has 1 unspecified atom stereocenters. The number of aromatic nitrogens is 2. The van der Waals surface area contributed by atoms with Crippen molar-refractivity contribution in [2.45, 2.75) is 52.6 Å². The molecule has 0 saturated carbocycles. The molecule has 9 heteroatoms. The Balaban J connectivity index is 1.65. The van der Waals surface area contributed by atoms with Gasteiger partial charge in [0.05, 0.1) is 6.54 Å². The molecule has 4 rings (SSSR count). The molecule has 2 aromatic heterocycles. The molecular weight excluding hydrogens is 508 g/mol. The quantitative estimate of drug-likeness (QED) is 0.274. The largest absolute Gasteiger partial charge is 0.481 e. The van der Waals surface area contributed by atoms with Crippen molar-refractivity contribution in [2.75, 3.05) is 12.4 Å². The number of carboxylic acid groups (broad SMARTS) is 1. The van der Waals surface area contributed by atoms with Gasteiger partial charge >= 0.3 is 5.97 Å². The first-order valence-electron chi connectivity index (χ1n) is 13.2. The second kappa shape index (κ2) is 12.0. The van der Waals surface area contributed by atoms with E-state index < -0.39 is 12.0 Å². The van der Waals surface area contributed by atoms with Gasteiger partial charge in [0.15, 0.2) is 0 Å². The summed E-state index contributed by atoms with van der Waals surface area (Å²) in [6, 6.07) is 14.0. The summed E-state index contributed by atoms with van der Waals surface area (Å²) in [5.41, 5.74) is 5.05. The summed E-state index contributed by atoms with van der Waals surface area (Å²) in [6.07, 6.45) is 4.54. The lowest BCUT2D eigenvalue weighted by Crippen LogP contribution is -2.24. The number of nitrogens with zero attached hydrogens (tertiary/aromatic N) is 2. The van der Waals surface area contributed by atoms with Gasteiger partial charge in [-0.1, -0.05) is 24.3 Å². The zero-order valence-electron chi connectivity index (χ0n) is 23.2. The Morgan fingerprint density at radius 2 is 1.80 bits per heavy atom.